The third-order valence-electron chi connectivity index (χ3n) is 3.63. The third kappa shape index (κ3) is 5.32. The maximum atomic E-state index is 13.8. The number of carbonyl (C=O) groups excluding carboxylic acids is 2. The topological polar surface area (TPSA) is 84.0 Å². The normalized spacial score (nSPS) is 12.3. The summed E-state index contributed by atoms with van der Waals surface area (Å²) in [5.41, 5.74) is -0.0962. The average molecular weight is 378 g/mol. The Morgan fingerprint density at radius 3 is 2.46 bits per heavy atom. The van der Waals surface area contributed by atoms with Gasteiger partial charge in [-0.3, -0.25) is 14.9 Å². The first-order valence-corrected chi connectivity index (χ1v) is 9.28. The number of carbonyl (C=O) groups is 2. The van der Waals surface area contributed by atoms with E-state index in [0.29, 0.717) is 11.0 Å². The van der Waals surface area contributed by atoms with Gasteiger partial charge in [-0.25, -0.2) is 4.39 Å². The number of rotatable bonds is 7. The smallest absolute Gasteiger partial charge is 0.254 e. The van der Waals surface area contributed by atoms with Crippen molar-refractivity contribution in [1.82, 2.24) is 15.5 Å². The first kappa shape index (κ1) is 20.0. The Balaban J connectivity index is 2.06. The quantitative estimate of drug-likeness (QED) is 0.774. The summed E-state index contributed by atoms with van der Waals surface area (Å²) in [6.45, 7) is 7.76. The molecule has 2 aromatic rings. The van der Waals surface area contributed by atoms with E-state index in [1.807, 2.05) is 0 Å². The van der Waals surface area contributed by atoms with Gasteiger partial charge in [-0.2, -0.15) is 0 Å². The van der Waals surface area contributed by atoms with E-state index in [2.05, 4.69) is 34.7 Å². The molecule has 0 unspecified atom stereocenters. The van der Waals surface area contributed by atoms with E-state index in [-0.39, 0.29) is 11.5 Å². The highest BCUT2D eigenvalue weighted by Gasteiger charge is 2.26. The van der Waals surface area contributed by atoms with Gasteiger partial charge in [0.15, 0.2) is 0 Å². The first-order chi connectivity index (χ1) is 12.3. The van der Waals surface area contributed by atoms with Crippen LogP contribution >= 0.6 is 11.3 Å². The number of amides is 2. The fourth-order valence-electron chi connectivity index (χ4n) is 2.32. The molecule has 0 spiro atoms. The Hall–Kier alpha value is -2.35. The predicted octanol–water partition coefficient (Wildman–Crippen LogP) is 3.27. The van der Waals surface area contributed by atoms with Crippen molar-refractivity contribution in [3.8, 4) is 0 Å². The van der Waals surface area contributed by atoms with Gasteiger partial charge in [0.25, 0.3) is 5.91 Å². The highest BCUT2D eigenvalue weighted by Crippen LogP contribution is 2.19. The molecule has 0 saturated heterocycles. The summed E-state index contributed by atoms with van der Waals surface area (Å²) >= 11 is 1.31. The van der Waals surface area contributed by atoms with Crippen LogP contribution in [-0.4, -0.2) is 28.1 Å². The number of aromatic nitrogens is 2. The lowest BCUT2D eigenvalue weighted by Crippen LogP contribution is -2.47. The predicted molar refractivity (Wildman–Crippen MR) is 99.6 cm³/mol. The van der Waals surface area contributed by atoms with E-state index in [1.165, 1.54) is 29.5 Å². The average Bonchev–Trinajstić information content (AvgIpc) is 2.98. The van der Waals surface area contributed by atoms with E-state index in [9.17, 15) is 14.0 Å². The molecular weight excluding hydrogens is 355 g/mol. The van der Waals surface area contributed by atoms with Gasteiger partial charge < -0.3 is 5.32 Å². The molecule has 0 aliphatic rings. The van der Waals surface area contributed by atoms with Gasteiger partial charge in [0.1, 0.15) is 16.9 Å². The number of benzene rings is 1. The molecule has 6 nitrogen and oxygen atoms in total. The molecule has 2 N–H and O–H groups in total. The van der Waals surface area contributed by atoms with Crippen molar-refractivity contribution in [3.63, 3.8) is 0 Å². The fraction of sp³-hybridized carbons (Fsp3) is 0.444. The van der Waals surface area contributed by atoms with E-state index in [0.717, 1.165) is 11.4 Å². The van der Waals surface area contributed by atoms with Crippen molar-refractivity contribution in [1.29, 1.82) is 0 Å². The lowest BCUT2D eigenvalue weighted by Gasteiger charge is -2.21. The SMILES string of the molecule is CC(C)Cc1nnc(NC(=O)[C@H](NC(=O)c2ccccc2F)C(C)C)s1. The Morgan fingerprint density at radius 1 is 1.15 bits per heavy atom. The van der Waals surface area contributed by atoms with Crippen LogP contribution < -0.4 is 10.6 Å². The number of hydrogen-bond acceptors (Lipinski definition) is 5. The number of nitrogens with one attached hydrogen (secondary N) is 2. The molecule has 0 saturated carbocycles. The molecule has 26 heavy (non-hydrogen) atoms. The summed E-state index contributed by atoms with van der Waals surface area (Å²) in [7, 11) is 0. The second kappa shape index (κ2) is 8.84. The van der Waals surface area contributed by atoms with E-state index < -0.39 is 23.7 Å². The van der Waals surface area contributed by atoms with Crippen LogP contribution in [0.2, 0.25) is 0 Å². The maximum Gasteiger partial charge on any atom is 0.254 e. The van der Waals surface area contributed by atoms with E-state index in [4.69, 9.17) is 0 Å². The second-order valence-corrected chi connectivity index (χ2v) is 7.83. The largest absolute Gasteiger partial charge is 0.340 e. The Morgan fingerprint density at radius 2 is 1.85 bits per heavy atom. The summed E-state index contributed by atoms with van der Waals surface area (Å²) in [6.07, 6.45) is 0.783. The van der Waals surface area contributed by atoms with Crippen molar-refractivity contribution in [3.05, 3.63) is 40.7 Å². The Labute approximate surface area is 156 Å². The van der Waals surface area contributed by atoms with Crippen molar-refractivity contribution in [2.24, 2.45) is 11.8 Å². The van der Waals surface area contributed by atoms with E-state index in [1.54, 1.807) is 19.9 Å². The molecule has 0 aliphatic carbocycles. The standard InChI is InChI=1S/C18H23FN4O2S/c1-10(2)9-14-22-23-18(26-14)21-17(25)15(11(3)4)20-16(24)12-7-5-6-8-13(12)19/h5-8,10-11,15H,9H2,1-4H3,(H,20,24)(H,21,23,25)/t15-/m1/s1. The molecule has 0 aliphatic heterocycles. The van der Waals surface area contributed by atoms with Crippen molar-refractivity contribution in [2.75, 3.05) is 5.32 Å². The maximum absolute atomic E-state index is 13.8. The minimum absolute atomic E-state index is 0.0962. The van der Waals surface area contributed by atoms with Crippen LogP contribution in [-0.2, 0) is 11.2 Å². The van der Waals surface area contributed by atoms with Gasteiger partial charge in [-0.15, -0.1) is 10.2 Å². The minimum atomic E-state index is -0.820. The molecule has 1 aromatic heterocycles. The van der Waals surface area contributed by atoms with Crippen LogP contribution in [0.1, 0.15) is 43.1 Å². The highest BCUT2D eigenvalue weighted by atomic mass is 32.1. The van der Waals surface area contributed by atoms with Gasteiger partial charge in [0, 0.05) is 6.42 Å². The molecule has 2 rings (SSSR count). The molecule has 2 amide bonds. The lowest BCUT2D eigenvalue weighted by molar-refractivity contribution is -0.118. The molecule has 1 atom stereocenters. The molecule has 1 heterocycles. The van der Waals surface area contributed by atoms with Crippen molar-refractivity contribution in [2.45, 2.75) is 40.2 Å². The summed E-state index contributed by atoms with van der Waals surface area (Å²) in [6, 6.07) is 4.84. The zero-order valence-electron chi connectivity index (χ0n) is 15.2. The first-order valence-electron chi connectivity index (χ1n) is 8.46. The minimum Gasteiger partial charge on any atom is -0.340 e. The van der Waals surface area contributed by atoms with Crippen LogP contribution in [0.3, 0.4) is 0 Å². The Kier molecular flexibility index (Phi) is 6.79. The summed E-state index contributed by atoms with van der Waals surface area (Å²) < 4.78 is 13.8. The number of anilines is 1. The number of nitrogens with zero attached hydrogens (tertiary/aromatic N) is 2. The zero-order chi connectivity index (χ0) is 19.3. The highest BCUT2D eigenvalue weighted by molar-refractivity contribution is 7.15. The summed E-state index contributed by atoms with van der Waals surface area (Å²) in [5.74, 6) is -1.41. The van der Waals surface area contributed by atoms with Crippen LogP contribution in [0.25, 0.3) is 0 Å². The van der Waals surface area contributed by atoms with Gasteiger partial charge in [-0.1, -0.05) is 51.2 Å². The molecule has 0 fully saturated rings. The second-order valence-electron chi connectivity index (χ2n) is 6.76. The monoisotopic (exact) mass is 378 g/mol. The van der Waals surface area contributed by atoms with Crippen LogP contribution in [0.4, 0.5) is 9.52 Å². The lowest BCUT2D eigenvalue weighted by atomic mass is 10.0. The van der Waals surface area contributed by atoms with Crippen LogP contribution in [0, 0.1) is 17.7 Å². The molecule has 8 heteroatoms. The Bertz CT molecular complexity index is 776. The summed E-state index contributed by atoms with van der Waals surface area (Å²) in [4.78, 5) is 24.9. The van der Waals surface area contributed by atoms with E-state index >= 15 is 0 Å². The molecule has 0 radical (unpaired) electrons. The molecule has 1 aromatic carbocycles. The number of halogens is 1. The van der Waals surface area contributed by atoms with Crippen molar-refractivity contribution < 1.29 is 14.0 Å². The van der Waals surface area contributed by atoms with Gasteiger partial charge in [0.2, 0.25) is 11.0 Å². The van der Waals surface area contributed by atoms with Gasteiger partial charge in [-0.05, 0) is 24.0 Å². The third-order valence-corrected chi connectivity index (χ3v) is 4.50. The molecular formula is C18H23FN4O2S. The zero-order valence-corrected chi connectivity index (χ0v) is 16.1. The van der Waals surface area contributed by atoms with Crippen LogP contribution in [0.15, 0.2) is 24.3 Å². The number of hydrogen-bond donors (Lipinski definition) is 2. The van der Waals surface area contributed by atoms with Crippen LogP contribution in [0.5, 0.6) is 0 Å². The van der Waals surface area contributed by atoms with Gasteiger partial charge in [0.05, 0.1) is 5.56 Å². The summed E-state index contributed by atoms with van der Waals surface area (Å²) in [5, 5.41) is 14.5. The fourth-order valence-corrected chi connectivity index (χ4v) is 3.27. The molecule has 140 valence electrons. The van der Waals surface area contributed by atoms with Crippen molar-refractivity contribution >= 4 is 28.3 Å². The van der Waals surface area contributed by atoms with Gasteiger partial charge >= 0.3 is 0 Å². The molecule has 0 bridgehead atoms.